The Bertz CT molecular complexity index is 207. The molecule has 0 aliphatic carbocycles. The van der Waals surface area contributed by atoms with Crippen molar-refractivity contribution in [1.29, 1.82) is 0 Å². The number of hydrogen-bond donors (Lipinski definition) is 2. The van der Waals surface area contributed by atoms with E-state index in [0.717, 1.165) is 6.54 Å². The number of hydrogen-bond acceptors (Lipinski definition) is 3. The highest BCUT2D eigenvalue weighted by molar-refractivity contribution is 6.68. The molecule has 0 heterocycles. The van der Waals surface area contributed by atoms with Crippen LogP contribution >= 0.6 is 34.8 Å². The minimum atomic E-state index is -1.82. The molecule has 4 nitrogen and oxygen atoms in total. The number of aliphatic hydroxyl groups is 1. The molecule has 0 saturated carbocycles. The van der Waals surface area contributed by atoms with Crippen LogP contribution in [0, 0.1) is 0 Å². The highest BCUT2D eigenvalue weighted by atomic mass is 35.6. The summed E-state index contributed by atoms with van der Waals surface area (Å²) in [4.78, 5) is 13.1. The third kappa shape index (κ3) is 8.11. The largest absolute Gasteiger partial charge is 0.388 e. The molecule has 0 aliphatic heterocycles. The quantitative estimate of drug-likeness (QED) is 0.731. The van der Waals surface area contributed by atoms with Crippen LogP contribution in [0.15, 0.2) is 0 Å². The summed E-state index contributed by atoms with van der Waals surface area (Å²) in [5.74, 6) is -0.337. The second kappa shape index (κ2) is 6.76. The van der Waals surface area contributed by atoms with Crippen LogP contribution in [0.1, 0.15) is 6.42 Å². The molecule has 7 heteroatoms. The van der Waals surface area contributed by atoms with Crippen molar-refractivity contribution in [3.63, 3.8) is 0 Å². The van der Waals surface area contributed by atoms with Crippen molar-refractivity contribution in [2.75, 3.05) is 27.2 Å². The average molecular weight is 278 g/mol. The lowest BCUT2D eigenvalue weighted by atomic mass is 10.2. The van der Waals surface area contributed by atoms with Gasteiger partial charge in [-0.1, -0.05) is 34.8 Å². The molecule has 0 aromatic heterocycles. The number of nitrogens with one attached hydrogen (secondary N) is 1. The Morgan fingerprint density at radius 1 is 1.47 bits per heavy atom. The molecule has 0 aliphatic rings. The summed E-state index contributed by atoms with van der Waals surface area (Å²) in [7, 11) is 3.78. The zero-order chi connectivity index (χ0) is 12.1. The van der Waals surface area contributed by atoms with E-state index in [4.69, 9.17) is 34.8 Å². The number of amides is 1. The van der Waals surface area contributed by atoms with Crippen LogP contribution in [-0.2, 0) is 4.79 Å². The molecule has 1 amide bonds. The number of nitrogens with zero attached hydrogens (tertiary/aromatic N) is 1. The molecular formula is C8H15Cl3N2O2. The fraction of sp³-hybridized carbons (Fsp3) is 0.875. The highest BCUT2D eigenvalue weighted by Gasteiger charge is 2.32. The van der Waals surface area contributed by atoms with Gasteiger partial charge >= 0.3 is 0 Å². The van der Waals surface area contributed by atoms with E-state index in [1.54, 1.807) is 0 Å². The monoisotopic (exact) mass is 276 g/mol. The van der Waals surface area contributed by atoms with E-state index in [2.05, 4.69) is 5.32 Å². The summed E-state index contributed by atoms with van der Waals surface area (Å²) in [5, 5.41) is 11.9. The Morgan fingerprint density at radius 3 is 2.40 bits per heavy atom. The van der Waals surface area contributed by atoms with Gasteiger partial charge in [0.15, 0.2) is 0 Å². The van der Waals surface area contributed by atoms with Crippen molar-refractivity contribution >= 4 is 40.7 Å². The number of likely N-dealkylation sites (N-methyl/N-ethyl adjacent to an activating group) is 1. The first-order valence-electron chi connectivity index (χ1n) is 4.39. The minimum Gasteiger partial charge on any atom is -0.388 e. The van der Waals surface area contributed by atoms with E-state index in [1.807, 2.05) is 19.0 Å². The molecule has 0 radical (unpaired) electrons. The molecule has 0 aromatic rings. The zero-order valence-corrected chi connectivity index (χ0v) is 10.9. The van der Waals surface area contributed by atoms with E-state index < -0.39 is 9.90 Å². The van der Waals surface area contributed by atoms with Gasteiger partial charge in [-0.3, -0.25) is 4.79 Å². The standard InChI is InChI=1S/C8H15Cl3N2O2/c1-13(2)4-3-12-7(15)5-6(14)8(9,10)11/h6,14H,3-5H2,1-2H3,(H,12,15)/t6-/m1/s1. The number of halogens is 3. The Hall–Kier alpha value is 0.260. The van der Waals surface area contributed by atoms with Gasteiger partial charge < -0.3 is 15.3 Å². The van der Waals surface area contributed by atoms with Gasteiger partial charge in [0.1, 0.15) is 6.10 Å². The number of aliphatic hydroxyl groups excluding tert-OH is 1. The van der Waals surface area contributed by atoms with Gasteiger partial charge in [-0.15, -0.1) is 0 Å². The third-order valence-corrected chi connectivity index (χ3v) is 2.39. The Kier molecular flexibility index (Phi) is 6.88. The minimum absolute atomic E-state index is 0.218. The second-order valence-electron chi connectivity index (χ2n) is 3.41. The lowest BCUT2D eigenvalue weighted by Crippen LogP contribution is -2.36. The Labute approximate surface area is 104 Å². The first kappa shape index (κ1) is 15.3. The average Bonchev–Trinajstić information content (AvgIpc) is 2.01. The van der Waals surface area contributed by atoms with Crippen molar-refractivity contribution in [3.05, 3.63) is 0 Å². The van der Waals surface area contributed by atoms with Gasteiger partial charge in [0.05, 0.1) is 6.42 Å². The van der Waals surface area contributed by atoms with Crippen LogP contribution in [0.4, 0.5) is 0 Å². The van der Waals surface area contributed by atoms with Crippen LogP contribution in [-0.4, -0.2) is 53.0 Å². The van der Waals surface area contributed by atoms with Gasteiger partial charge in [-0.05, 0) is 14.1 Å². The molecule has 0 unspecified atom stereocenters. The predicted octanol–water partition coefficient (Wildman–Crippen LogP) is 0.785. The number of rotatable bonds is 5. The fourth-order valence-electron chi connectivity index (χ4n) is 0.782. The maximum absolute atomic E-state index is 11.2. The smallest absolute Gasteiger partial charge is 0.222 e. The topological polar surface area (TPSA) is 52.6 Å². The molecule has 15 heavy (non-hydrogen) atoms. The summed E-state index contributed by atoms with van der Waals surface area (Å²) >= 11 is 16.2. The van der Waals surface area contributed by atoms with Gasteiger partial charge in [-0.2, -0.15) is 0 Å². The lowest BCUT2D eigenvalue weighted by molar-refractivity contribution is -0.122. The summed E-state index contributed by atoms with van der Waals surface area (Å²) in [5.41, 5.74) is 0. The summed E-state index contributed by atoms with van der Waals surface area (Å²) < 4.78 is -1.82. The summed E-state index contributed by atoms with van der Waals surface area (Å²) in [6, 6.07) is 0. The van der Waals surface area contributed by atoms with Crippen molar-refractivity contribution in [2.45, 2.75) is 16.3 Å². The van der Waals surface area contributed by atoms with Crippen molar-refractivity contribution in [3.8, 4) is 0 Å². The van der Waals surface area contributed by atoms with Crippen LogP contribution in [0.2, 0.25) is 0 Å². The molecule has 0 rings (SSSR count). The summed E-state index contributed by atoms with van der Waals surface area (Å²) in [6.45, 7) is 1.22. The highest BCUT2D eigenvalue weighted by Crippen LogP contribution is 2.31. The van der Waals surface area contributed by atoms with E-state index in [0.29, 0.717) is 6.54 Å². The van der Waals surface area contributed by atoms with E-state index in [9.17, 15) is 9.90 Å². The molecular weight excluding hydrogens is 262 g/mol. The van der Waals surface area contributed by atoms with E-state index in [1.165, 1.54) is 0 Å². The van der Waals surface area contributed by atoms with Crippen molar-refractivity contribution < 1.29 is 9.90 Å². The van der Waals surface area contributed by atoms with E-state index in [-0.39, 0.29) is 12.3 Å². The van der Waals surface area contributed by atoms with Crippen molar-refractivity contribution in [1.82, 2.24) is 10.2 Å². The third-order valence-electron chi connectivity index (χ3n) is 1.64. The number of carbonyl (C=O) groups is 1. The summed E-state index contributed by atoms with van der Waals surface area (Å²) in [6.07, 6.45) is -1.51. The molecule has 0 bridgehead atoms. The number of carbonyl (C=O) groups excluding carboxylic acids is 1. The van der Waals surface area contributed by atoms with E-state index >= 15 is 0 Å². The predicted molar refractivity (Wildman–Crippen MR) is 62.5 cm³/mol. The number of alkyl halides is 3. The molecule has 1 atom stereocenters. The van der Waals surface area contributed by atoms with Crippen LogP contribution in [0.3, 0.4) is 0 Å². The fourth-order valence-corrected chi connectivity index (χ4v) is 1.01. The SMILES string of the molecule is CN(C)CCNC(=O)C[C@@H](O)C(Cl)(Cl)Cl. The Balaban J connectivity index is 3.75. The molecule has 0 fully saturated rings. The maximum atomic E-state index is 11.2. The van der Waals surface area contributed by atoms with Crippen molar-refractivity contribution in [2.24, 2.45) is 0 Å². The zero-order valence-electron chi connectivity index (χ0n) is 8.64. The first-order valence-corrected chi connectivity index (χ1v) is 5.53. The van der Waals surface area contributed by atoms with Gasteiger partial charge in [0.2, 0.25) is 9.70 Å². The van der Waals surface area contributed by atoms with Crippen LogP contribution in [0.25, 0.3) is 0 Å². The van der Waals surface area contributed by atoms with Crippen LogP contribution in [0.5, 0.6) is 0 Å². The Morgan fingerprint density at radius 2 is 2.00 bits per heavy atom. The normalized spacial score (nSPS) is 14.1. The molecule has 2 N–H and O–H groups in total. The van der Waals surface area contributed by atoms with Gasteiger partial charge in [0.25, 0.3) is 0 Å². The molecule has 0 aromatic carbocycles. The molecule has 90 valence electrons. The maximum Gasteiger partial charge on any atom is 0.222 e. The van der Waals surface area contributed by atoms with Crippen LogP contribution < -0.4 is 5.32 Å². The molecule has 0 saturated heterocycles. The van der Waals surface area contributed by atoms with Gasteiger partial charge in [-0.25, -0.2) is 0 Å². The second-order valence-corrected chi connectivity index (χ2v) is 5.78. The van der Waals surface area contributed by atoms with Gasteiger partial charge in [0, 0.05) is 13.1 Å². The molecule has 0 spiro atoms. The first-order chi connectivity index (χ1) is 6.73. The lowest BCUT2D eigenvalue weighted by Gasteiger charge is -2.18.